The average molecular weight is 453 g/mol. The fourth-order valence-corrected chi connectivity index (χ4v) is 4.40. The number of amides is 1. The summed E-state index contributed by atoms with van der Waals surface area (Å²) in [6, 6.07) is 16.4. The van der Waals surface area contributed by atoms with Crippen LogP contribution in [0.3, 0.4) is 0 Å². The number of aromatic nitrogens is 4. The molecular formula is C23H28N6O2S. The summed E-state index contributed by atoms with van der Waals surface area (Å²) >= 11 is 1.32. The van der Waals surface area contributed by atoms with E-state index < -0.39 is 0 Å². The second-order valence-electron chi connectivity index (χ2n) is 7.90. The molecule has 1 aliphatic heterocycles. The van der Waals surface area contributed by atoms with Gasteiger partial charge in [-0.15, -0.1) is 5.10 Å². The molecule has 32 heavy (non-hydrogen) atoms. The number of tetrazole rings is 1. The Balaban J connectivity index is 1.25. The number of nitrogens with zero attached hydrogens (tertiary/aromatic N) is 5. The molecule has 4 rings (SSSR count). The summed E-state index contributed by atoms with van der Waals surface area (Å²) in [6.45, 7) is 7.85. The Morgan fingerprint density at radius 2 is 2.03 bits per heavy atom. The van der Waals surface area contributed by atoms with Gasteiger partial charge in [-0.3, -0.25) is 9.69 Å². The van der Waals surface area contributed by atoms with Gasteiger partial charge in [0.1, 0.15) is 0 Å². The first kappa shape index (κ1) is 22.4. The molecular weight excluding hydrogens is 424 g/mol. The first-order valence-electron chi connectivity index (χ1n) is 10.7. The van der Waals surface area contributed by atoms with Crippen LogP contribution in [0.5, 0.6) is 0 Å². The van der Waals surface area contributed by atoms with Crippen molar-refractivity contribution in [2.24, 2.45) is 0 Å². The largest absolute Gasteiger partial charge is 0.374 e. The first-order valence-corrected chi connectivity index (χ1v) is 11.7. The predicted molar refractivity (Wildman–Crippen MR) is 124 cm³/mol. The fourth-order valence-electron chi connectivity index (χ4n) is 3.68. The number of rotatable bonds is 8. The molecule has 1 aliphatic rings. The highest BCUT2D eigenvalue weighted by molar-refractivity contribution is 7.99. The Hall–Kier alpha value is -2.75. The molecule has 0 saturated carbocycles. The zero-order valence-electron chi connectivity index (χ0n) is 18.4. The normalized spacial score (nSPS) is 16.8. The number of thioether (sulfide) groups is 1. The van der Waals surface area contributed by atoms with Crippen LogP contribution in [0, 0.1) is 13.8 Å². The minimum Gasteiger partial charge on any atom is -0.374 e. The molecule has 2 heterocycles. The van der Waals surface area contributed by atoms with Gasteiger partial charge in [0.2, 0.25) is 11.1 Å². The maximum atomic E-state index is 12.4. The SMILES string of the molecule is Cc1cccc(-n2nnnc2SCC(=O)NCC2CN(Cc3ccccc3)CCO2)c1C. The van der Waals surface area contributed by atoms with Crippen LogP contribution in [0.4, 0.5) is 0 Å². The molecule has 1 atom stereocenters. The summed E-state index contributed by atoms with van der Waals surface area (Å²) in [5.74, 6) is 0.181. The molecule has 1 amide bonds. The number of benzene rings is 2. The third-order valence-electron chi connectivity index (χ3n) is 5.58. The number of carbonyl (C=O) groups is 1. The fraction of sp³-hybridized carbons (Fsp3) is 0.391. The van der Waals surface area contributed by atoms with Crippen LogP contribution in [-0.4, -0.2) is 69.1 Å². The van der Waals surface area contributed by atoms with E-state index in [1.54, 1.807) is 4.68 Å². The van der Waals surface area contributed by atoms with E-state index in [4.69, 9.17) is 4.74 Å². The molecule has 8 nitrogen and oxygen atoms in total. The molecule has 1 aromatic heterocycles. The summed E-state index contributed by atoms with van der Waals surface area (Å²) in [5.41, 5.74) is 4.49. The highest BCUT2D eigenvalue weighted by Gasteiger charge is 2.21. The van der Waals surface area contributed by atoms with E-state index in [0.29, 0.717) is 18.3 Å². The van der Waals surface area contributed by atoms with Gasteiger partial charge in [0.05, 0.1) is 24.2 Å². The Bertz CT molecular complexity index is 1040. The van der Waals surface area contributed by atoms with Gasteiger partial charge in [-0.1, -0.05) is 54.2 Å². The third kappa shape index (κ3) is 5.73. The van der Waals surface area contributed by atoms with E-state index in [2.05, 4.69) is 63.0 Å². The Kier molecular flexibility index (Phi) is 7.51. The molecule has 0 radical (unpaired) electrons. The number of ether oxygens (including phenoxy) is 1. The van der Waals surface area contributed by atoms with Crippen molar-refractivity contribution >= 4 is 17.7 Å². The first-order chi connectivity index (χ1) is 15.6. The van der Waals surface area contributed by atoms with E-state index in [-0.39, 0.29) is 17.8 Å². The van der Waals surface area contributed by atoms with Crippen molar-refractivity contribution in [3.8, 4) is 5.69 Å². The van der Waals surface area contributed by atoms with E-state index >= 15 is 0 Å². The van der Waals surface area contributed by atoms with Gasteiger partial charge in [-0.2, -0.15) is 4.68 Å². The number of hydrogen-bond donors (Lipinski definition) is 1. The van der Waals surface area contributed by atoms with Crippen molar-refractivity contribution < 1.29 is 9.53 Å². The highest BCUT2D eigenvalue weighted by atomic mass is 32.2. The molecule has 0 bridgehead atoms. The molecule has 0 aliphatic carbocycles. The summed E-state index contributed by atoms with van der Waals surface area (Å²) in [4.78, 5) is 14.8. The van der Waals surface area contributed by atoms with Crippen molar-refractivity contribution in [3.05, 3.63) is 65.2 Å². The van der Waals surface area contributed by atoms with Crippen molar-refractivity contribution in [2.75, 3.05) is 32.0 Å². The van der Waals surface area contributed by atoms with Gasteiger partial charge in [0, 0.05) is 26.2 Å². The monoisotopic (exact) mass is 452 g/mol. The van der Waals surface area contributed by atoms with E-state index in [9.17, 15) is 4.79 Å². The average Bonchev–Trinajstić information content (AvgIpc) is 3.27. The van der Waals surface area contributed by atoms with Crippen LogP contribution in [0.2, 0.25) is 0 Å². The van der Waals surface area contributed by atoms with Crippen molar-refractivity contribution in [1.82, 2.24) is 30.4 Å². The minimum absolute atomic E-state index is 0.0123. The lowest BCUT2D eigenvalue weighted by Gasteiger charge is -2.33. The van der Waals surface area contributed by atoms with E-state index in [0.717, 1.165) is 30.9 Å². The maximum Gasteiger partial charge on any atom is 0.230 e. The summed E-state index contributed by atoms with van der Waals surface area (Å²) in [6.07, 6.45) is -0.0123. The van der Waals surface area contributed by atoms with E-state index in [1.165, 1.54) is 22.9 Å². The summed E-state index contributed by atoms with van der Waals surface area (Å²) < 4.78 is 7.53. The van der Waals surface area contributed by atoms with Crippen LogP contribution in [-0.2, 0) is 16.1 Å². The Morgan fingerprint density at radius 1 is 1.19 bits per heavy atom. The molecule has 1 fully saturated rings. The molecule has 1 N–H and O–H groups in total. The molecule has 0 spiro atoms. The zero-order valence-corrected chi connectivity index (χ0v) is 19.2. The molecule has 3 aromatic rings. The Morgan fingerprint density at radius 3 is 2.88 bits per heavy atom. The summed E-state index contributed by atoms with van der Waals surface area (Å²) in [5, 5.41) is 15.6. The molecule has 1 saturated heterocycles. The topological polar surface area (TPSA) is 85.2 Å². The van der Waals surface area contributed by atoms with Crippen LogP contribution in [0.15, 0.2) is 53.7 Å². The van der Waals surface area contributed by atoms with Crippen molar-refractivity contribution in [1.29, 1.82) is 0 Å². The molecule has 168 valence electrons. The van der Waals surface area contributed by atoms with Crippen molar-refractivity contribution in [2.45, 2.75) is 31.7 Å². The number of nitrogens with one attached hydrogen (secondary N) is 1. The third-order valence-corrected chi connectivity index (χ3v) is 6.50. The number of aryl methyl sites for hydroxylation is 1. The summed E-state index contributed by atoms with van der Waals surface area (Å²) in [7, 11) is 0. The van der Waals surface area contributed by atoms with Gasteiger partial charge in [0.25, 0.3) is 0 Å². The molecule has 1 unspecified atom stereocenters. The van der Waals surface area contributed by atoms with Gasteiger partial charge in [-0.05, 0) is 47.0 Å². The van der Waals surface area contributed by atoms with Crippen molar-refractivity contribution in [3.63, 3.8) is 0 Å². The lowest BCUT2D eigenvalue weighted by Crippen LogP contribution is -2.47. The predicted octanol–water partition coefficient (Wildman–Crippen LogP) is 2.39. The molecule has 9 heteroatoms. The second kappa shape index (κ2) is 10.7. The number of carbonyl (C=O) groups excluding carboxylic acids is 1. The number of morpholine rings is 1. The zero-order chi connectivity index (χ0) is 22.3. The second-order valence-corrected chi connectivity index (χ2v) is 8.84. The smallest absolute Gasteiger partial charge is 0.230 e. The van der Waals surface area contributed by atoms with Gasteiger partial charge >= 0.3 is 0 Å². The minimum atomic E-state index is -0.0608. The lowest BCUT2D eigenvalue weighted by molar-refractivity contribution is -0.119. The van der Waals surface area contributed by atoms with Crippen LogP contribution >= 0.6 is 11.8 Å². The van der Waals surface area contributed by atoms with Crippen LogP contribution < -0.4 is 5.32 Å². The molecule has 2 aromatic carbocycles. The standard InChI is InChI=1S/C23H28N6O2S/c1-17-7-6-10-21(18(17)2)29-23(25-26-27-29)32-16-22(30)24-13-20-15-28(11-12-31-20)14-19-8-4-3-5-9-19/h3-10,20H,11-16H2,1-2H3,(H,24,30). The number of hydrogen-bond acceptors (Lipinski definition) is 7. The van der Waals surface area contributed by atoms with Gasteiger partial charge in [-0.25, -0.2) is 0 Å². The Labute approximate surface area is 192 Å². The quantitative estimate of drug-likeness (QED) is 0.525. The van der Waals surface area contributed by atoms with E-state index in [1.807, 2.05) is 25.1 Å². The van der Waals surface area contributed by atoms with Gasteiger partial charge < -0.3 is 10.1 Å². The maximum absolute atomic E-state index is 12.4. The van der Waals surface area contributed by atoms with Crippen LogP contribution in [0.25, 0.3) is 5.69 Å². The van der Waals surface area contributed by atoms with Gasteiger partial charge in [0.15, 0.2) is 0 Å². The van der Waals surface area contributed by atoms with Crippen LogP contribution in [0.1, 0.15) is 16.7 Å². The highest BCUT2D eigenvalue weighted by Crippen LogP contribution is 2.22. The lowest BCUT2D eigenvalue weighted by atomic mass is 10.1.